The van der Waals surface area contributed by atoms with Crippen LogP contribution in [0.4, 0.5) is 0 Å². The number of benzene rings is 1. The van der Waals surface area contributed by atoms with Crippen LogP contribution in [0.25, 0.3) is 0 Å². The highest BCUT2D eigenvalue weighted by Crippen LogP contribution is 2.51. The van der Waals surface area contributed by atoms with Gasteiger partial charge in [0.1, 0.15) is 0 Å². The highest BCUT2D eigenvalue weighted by Gasteiger charge is 2.46. The zero-order valence-electron chi connectivity index (χ0n) is 11.4. The molecule has 0 radical (unpaired) electrons. The number of hydrogen-bond acceptors (Lipinski definition) is 1. The van der Waals surface area contributed by atoms with Crippen LogP contribution in [-0.4, -0.2) is 12.6 Å². The van der Waals surface area contributed by atoms with Gasteiger partial charge in [-0.25, -0.2) is 0 Å². The molecule has 1 nitrogen and oxygen atoms in total. The molecule has 1 unspecified atom stereocenters. The van der Waals surface area contributed by atoms with Gasteiger partial charge in [0.15, 0.2) is 0 Å². The van der Waals surface area contributed by atoms with Gasteiger partial charge in [0, 0.05) is 6.04 Å². The van der Waals surface area contributed by atoms with E-state index in [9.17, 15) is 0 Å². The van der Waals surface area contributed by atoms with E-state index in [-0.39, 0.29) is 0 Å². The SMILES string of the molecule is CCNC(C)C1(Cc2ccc(CC)cc2)CC1. The predicted molar refractivity (Wildman–Crippen MR) is 74.3 cm³/mol. The smallest absolute Gasteiger partial charge is 0.00982 e. The third-order valence-corrected chi connectivity index (χ3v) is 4.31. The summed E-state index contributed by atoms with van der Waals surface area (Å²) in [5.74, 6) is 0. The summed E-state index contributed by atoms with van der Waals surface area (Å²) in [6.45, 7) is 7.84. The maximum atomic E-state index is 3.59. The number of nitrogens with one attached hydrogen (secondary N) is 1. The van der Waals surface area contributed by atoms with Crippen molar-refractivity contribution in [2.75, 3.05) is 6.54 Å². The van der Waals surface area contributed by atoms with E-state index in [2.05, 4.69) is 50.4 Å². The third kappa shape index (κ3) is 2.90. The van der Waals surface area contributed by atoms with Crippen molar-refractivity contribution in [3.8, 4) is 0 Å². The fourth-order valence-electron chi connectivity index (χ4n) is 2.75. The van der Waals surface area contributed by atoms with E-state index in [4.69, 9.17) is 0 Å². The van der Waals surface area contributed by atoms with Crippen molar-refractivity contribution >= 4 is 0 Å². The Morgan fingerprint density at radius 2 is 1.71 bits per heavy atom. The van der Waals surface area contributed by atoms with Gasteiger partial charge >= 0.3 is 0 Å². The first-order valence-corrected chi connectivity index (χ1v) is 7.01. The first-order chi connectivity index (χ1) is 8.20. The van der Waals surface area contributed by atoms with E-state index in [0.29, 0.717) is 11.5 Å². The summed E-state index contributed by atoms with van der Waals surface area (Å²) in [6, 6.07) is 9.85. The molecule has 0 bridgehead atoms. The largest absolute Gasteiger partial charge is 0.314 e. The molecule has 0 saturated heterocycles. The third-order valence-electron chi connectivity index (χ3n) is 4.31. The molecule has 1 fully saturated rings. The van der Waals surface area contributed by atoms with E-state index in [0.717, 1.165) is 13.0 Å². The van der Waals surface area contributed by atoms with Gasteiger partial charge in [-0.3, -0.25) is 0 Å². The first kappa shape index (κ1) is 12.6. The van der Waals surface area contributed by atoms with Crippen LogP contribution < -0.4 is 5.32 Å². The highest BCUT2D eigenvalue weighted by molar-refractivity contribution is 5.25. The lowest BCUT2D eigenvalue weighted by Gasteiger charge is -2.24. The molecule has 17 heavy (non-hydrogen) atoms. The quantitative estimate of drug-likeness (QED) is 0.789. The molecule has 1 saturated carbocycles. The molecule has 1 atom stereocenters. The second kappa shape index (κ2) is 5.22. The summed E-state index contributed by atoms with van der Waals surface area (Å²) < 4.78 is 0. The molecule has 1 aliphatic rings. The topological polar surface area (TPSA) is 12.0 Å². The van der Waals surface area contributed by atoms with Crippen LogP contribution in [0.1, 0.15) is 44.7 Å². The predicted octanol–water partition coefficient (Wildman–Crippen LogP) is 3.57. The molecule has 0 amide bonds. The highest BCUT2D eigenvalue weighted by atomic mass is 14.9. The Bertz CT molecular complexity index is 348. The molecular formula is C16H25N. The zero-order valence-corrected chi connectivity index (χ0v) is 11.4. The number of hydrogen-bond donors (Lipinski definition) is 1. The number of aryl methyl sites for hydroxylation is 1. The van der Waals surface area contributed by atoms with Crippen LogP contribution in [0.2, 0.25) is 0 Å². The van der Waals surface area contributed by atoms with Gasteiger partial charge in [-0.1, -0.05) is 38.1 Å². The lowest BCUT2D eigenvalue weighted by molar-refractivity contribution is 0.355. The maximum Gasteiger partial charge on any atom is 0.00982 e. The first-order valence-electron chi connectivity index (χ1n) is 7.01. The van der Waals surface area contributed by atoms with Crippen molar-refractivity contribution in [1.29, 1.82) is 0 Å². The van der Waals surface area contributed by atoms with E-state index < -0.39 is 0 Å². The molecule has 1 aromatic rings. The Labute approximate surface area is 106 Å². The van der Waals surface area contributed by atoms with Crippen molar-refractivity contribution in [1.82, 2.24) is 5.32 Å². The van der Waals surface area contributed by atoms with Gasteiger partial charge in [-0.05, 0) is 55.7 Å². The van der Waals surface area contributed by atoms with Crippen LogP contribution in [-0.2, 0) is 12.8 Å². The van der Waals surface area contributed by atoms with Gasteiger partial charge in [-0.15, -0.1) is 0 Å². The maximum absolute atomic E-state index is 3.59. The van der Waals surface area contributed by atoms with Gasteiger partial charge in [0.05, 0.1) is 0 Å². The molecule has 1 N–H and O–H groups in total. The Hall–Kier alpha value is -0.820. The van der Waals surface area contributed by atoms with Crippen molar-refractivity contribution in [3.63, 3.8) is 0 Å². The monoisotopic (exact) mass is 231 g/mol. The van der Waals surface area contributed by atoms with E-state index in [1.54, 1.807) is 0 Å². The van der Waals surface area contributed by atoms with Crippen LogP contribution in [0, 0.1) is 5.41 Å². The summed E-state index contributed by atoms with van der Waals surface area (Å²) in [4.78, 5) is 0. The number of rotatable bonds is 6. The van der Waals surface area contributed by atoms with Crippen LogP contribution >= 0.6 is 0 Å². The minimum absolute atomic E-state index is 0.545. The van der Waals surface area contributed by atoms with E-state index in [1.807, 2.05) is 0 Å². The van der Waals surface area contributed by atoms with Crippen molar-refractivity contribution in [2.45, 2.75) is 52.5 Å². The van der Waals surface area contributed by atoms with Crippen LogP contribution in [0.5, 0.6) is 0 Å². The van der Waals surface area contributed by atoms with Crippen LogP contribution in [0.15, 0.2) is 24.3 Å². The molecule has 1 aliphatic carbocycles. The summed E-state index contributed by atoms with van der Waals surface area (Å²) >= 11 is 0. The molecule has 0 aromatic heterocycles. The minimum Gasteiger partial charge on any atom is -0.314 e. The summed E-state index contributed by atoms with van der Waals surface area (Å²) in [6.07, 6.45) is 5.15. The van der Waals surface area contributed by atoms with Crippen molar-refractivity contribution < 1.29 is 0 Å². The molecule has 0 spiro atoms. The molecule has 2 rings (SSSR count). The summed E-state index contributed by atoms with van der Waals surface area (Å²) in [5, 5.41) is 3.59. The molecule has 0 heterocycles. The minimum atomic E-state index is 0.545. The lowest BCUT2D eigenvalue weighted by Crippen LogP contribution is -2.35. The Balaban J connectivity index is 2.00. The molecule has 1 aromatic carbocycles. The Kier molecular flexibility index (Phi) is 3.88. The molecule has 0 aliphatic heterocycles. The Morgan fingerprint density at radius 1 is 1.12 bits per heavy atom. The fourth-order valence-corrected chi connectivity index (χ4v) is 2.75. The van der Waals surface area contributed by atoms with Crippen molar-refractivity contribution in [3.05, 3.63) is 35.4 Å². The van der Waals surface area contributed by atoms with Gasteiger partial charge < -0.3 is 5.32 Å². The van der Waals surface area contributed by atoms with E-state index >= 15 is 0 Å². The van der Waals surface area contributed by atoms with Gasteiger partial charge in [0.25, 0.3) is 0 Å². The average Bonchev–Trinajstić information content (AvgIpc) is 3.11. The average molecular weight is 231 g/mol. The fraction of sp³-hybridized carbons (Fsp3) is 0.625. The van der Waals surface area contributed by atoms with Gasteiger partial charge in [0.2, 0.25) is 0 Å². The lowest BCUT2D eigenvalue weighted by atomic mass is 9.89. The van der Waals surface area contributed by atoms with Crippen molar-refractivity contribution in [2.24, 2.45) is 5.41 Å². The van der Waals surface area contributed by atoms with E-state index in [1.165, 1.54) is 30.4 Å². The summed E-state index contributed by atoms with van der Waals surface area (Å²) in [7, 11) is 0. The summed E-state index contributed by atoms with van der Waals surface area (Å²) in [5.41, 5.74) is 3.49. The van der Waals surface area contributed by atoms with Crippen LogP contribution in [0.3, 0.4) is 0 Å². The molecule has 94 valence electrons. The molecule has 1 heteroatoms. The Morgan fingerprint density at radius 3 is 2.18 bits per heavy atom. The van der Waals surface area contributed by atoms with Gasteiger partial charge in [-0.2, -0.15) is 0 Å². The zero-order chi connectivity index (χ0) is 12.3. The second-order valence-electron chi connectivity index (χ2n) is 5.49. The molecular weight excluding hydrogens is 206 g/mol. The standard InChI is InChI=1S/C16H25N/c1-4-14-6-8-15(9-7-14)12-16(10-11-16)13(3)17-5-2/h6-9,13,17H,4-5,10-12H2,1-3H3. The second-order valence-corrected chi connectivity index (χ2v) is 5.49. The normalized spacial score (nSPS) is 19.0.